The largest absolute Gasteiger partial charge is 0.458 e. The van der Waals surface area contributed by atoms with E-state index < -0.39 is 30.8 Å². The van der Waals surface area contributed by atoms with Crippen molar-refractivity contribution in [1.29, 1.82) is 0 Å². The lowest BCUT2D eigenvalue weighted by atomic mass is 10.4. The fourth-order valence-electron chi connectivity index (χ4n) is 0.570. The molecule has 0 amide bonds. The Hall–Kier alpha value is -1.70. The van der Waals surface area contributed by atoms with E-state index in [9.17, 15) is 9.59 Å². The topological polar surface area (TPSA) is 113 Å². The normalized spacial score (nSPS) is 12.2. The zero-order valence-electron chi connectivity index (χ0n) is 10.8. The predicted octanol–water partition coefficient (Wildman–Crippen LogP) is -0.835. The summed E-state index contributed by atoms with van der Waals surface area (Å²) in [5.41, 5.74) is 0. The van der Waals surface area contributed by atoms with Gasteiger partial charge < -0.3 is 24.8 Å². The standard InChI is InChI=1S/C9H12O5.C3H8O2/c1-3-8(11)13-6-7(5-10)14-9(12)4-2;1-3(5)2-4/h3-4,7,10H,1-2,5-6H2;3-5H,2H2,1H3. The number of carbonyl (C=O) groups is 2. The van der Waals surface area contributed by atoms with Gasteiger partial charge in [-0.2, -0.15) is 0 Å². The van der Waals surface area contributed by atoms with Crippen LogP contribution in [0.2, 0.25) is 0 Å². The smallest absolute Gasteiger partial charge is 0.330 e. The lowest BCUT2D eigenvalue weighted by molar-refractivity contribution is -0.154. The van der Waals surface area contributed by atoms with Crippen LogP contribution in [0.1, 0.15) is 6.92 Å². The lowest BCUT2D eigenvalue weighted by Gasteiger charge is -2.13. The van der Waals surface area contributed by atoms with Crippen molar-refractivity contribution in [2.75, 3.05) is 19.8 Å². The summed E-state index contributed by atoms with van der Waals surface area (Å²) in [7, 11) is 0. The number of hydrogen-bond donors (Lipinski definition) is 3. The summed E-state index contributed by atoms with van der Waals surface area (Å²) in [4.78, 5) is 21.3. The molecule has 19 heavy (non-hydrogen) atoms. The maximum absolute atomic E-state index is 10.7. The van der Waals surface area contributed by atoms with Gasteiger partial charge in [-0.15, -0.1) is 0 Å². The van der Waals surface area contributed by atoms with Crippen molar-refractivity contribution in [2.45, 2.75) is 19.1 Å². The molecule has 7 heteroatoms. The number of aliphatic hydroxyl groups is 3. The summed E-state index contributed by atoms with van der Waals surface area (Å²) < 4.78 is 9.19. The van der Waals surface area contributed by atoms with Crippen LogP contribution >= 0.6 is 0 Å². The zero-order chi connectivity index (χ0) is 15.3. The van der Waals surface area contributed by atoms with Gasteiger partial charge in [-0.1, -0.05) is 13.2 Å². The first-order valence-corrected chi connectivity index (χ1v) is 5.43. The van der Waals surface area contributed by atoms with Crippen LogP contribution < -0.4 is 0 Å². The quantitative estimate of drug-likeness (QED) is 0.410. The Kier molecular flexibility index (Phi) is 13.2. The first kappa shape index (κ1) is 19.6. The average Bonchev–Trinajstić information content (AvgIpc) is 2.42. The summed E-state index contributed by atoms with van der Waals surface area (Å²) in [6, 6.07) is 0. The summed E-state index contributed by atoms with van der Waals surface area (Å²) in [5, 5.41) is 24.7. The maximum atomic E-state index is 10.7. The van der Waals surface area contributed by atoms with Gasteiger partial charge in [0.05, 0.1) is 19.3 Å². The van der Waals surface area contributed by atoms with Gasteiger partial charge in [0.25, 0.3) is 0 Å². The first-order chi connectivity index (χ1) is 8.90. The molecule has 3 N–H and O–H groups in total. The third kappa shape index (κ3) is 14.2. The second-order valence-corrected chi connectivity index (χ2v) is 3.31. The molecule has 0 aliphatic heterocycles. The van der Waals surface area contributed by atoms with E-state index in [1.807, 2.05) is 0 Å². The van der Waals surface area contributed by atoms with Crippen molar-refractivity contribution >= 4 is 11.9 Å². The Morgan fingerprint density at radius 3 is 1.95 bits per heavy atom. The molecule has 0 heterocycles. The molecule has 2 atom stereocenters. The molecule has 0 bridgehead atoms. The molecule has 110 valence electrons. The highest BCUT2D eigenvalue weighted by Gasteiger charge is 2.13. The molecule has 2 unspecified atom stereocenters. The first-order valence-electron chi connectivity index (χ1n) is 5.43. The summed E-state index contributed by atoms with van der Waals surface area (Å²) >= 11 is 0. The van der Waals surface area contributed by atoms with Crippen molar-refractivity contribution in [3.8, 4) is 0 Å². The predicted molar refractivity (Wildman–Crippen MR) is 67.1 cm³/mol. The Balaban J connectivity index is 0. The second-order valence-electron chi connectivity index (χ2n) is 3.31. The molecule has 0 radical (unpaired) electrons. The third-order valence-corrected chi connectivity index (χ3v) is 1.50. The molecule has 0 rings (SSSR count). The van der Waals surface area contributed by atoms with E-state index in [4.69, 9.17) is 15.3 Å². The monoisotopic (exact) mass is 276 g/mol. The number of carbonyl (C=O) groups excluding carboxylic acids is 2. The molecule has 0 aliphatic carbocycles. The summed E-state index contributed by atoms with van der Waals surface area (Å²) in [6.45, 7) is 7.11. The minimum atomic E-state index is -0.871. The van der Waals surface area contributed by atoms with Gasteiger partial charge in [-0.05, 0) is 6.92 Å². The maximum Gasteiger partial charge on any atom is 0.330 e. The molecule has 0 aromatic rings. The van der Waals surface area contributed by atoms with Crippen LogP contribution in [0.15, 0.2) is 25.3 Å². The molecular weight excluding hydrogens is 256 g/mol. The van der Waals surface area contributed by atoms with Gasteiger partial charge >= 0.3 is 11.9 Å². The van der Waals surface area contributed by atoms with E-state index in [0.717, 1.165) is 12.2 Å². The Morgan fingerprint density at radius 2 is 1.63 bits per heavy atom. The molecule has 0 saturated heterocycles. The van der Waals surface area contributed by atoms with Gasteiger partial charge in [0.15, 0.2) is 6.10 Å². The minimum Gasteiger partial charge on any atom is -0.458 e. The van der Waals surface area contributed by atoms with Crippen LogP contribution in [-0.2, 0) is 19.1 Å². The van der Waals surface area contributed by atoms with Crippen LogP contribution in [0.3, 0.4) is 0 Å². The fourth-order valence-corrected chi connectivity index (χ4v) is 0.570. The van der Waals surface area contributed by atoms with Gasteiger partial charge in [-0.25, -0.2) is 9.59 Å². The van der Waals surface area contributed by atoms with Crippen LogP contribution in [0.5, 0.6) is 0 Å². The molecular formula is C12H20O7. The van der Waals surface area contributed by atoms with Crippen LogP contribution in [0, 0.1) is 0 Å². The van der Waals surface area contributed by atoms with Gasteiger partial charge in [0.2, 0.25) is 0 Å². The van der Waals surface area contributed by atoms with E-state index in [1.165, 1.54) is 6.92 Å². The van der Waals surface area contributed by atoms with E-state index in [-0.39, 0.29) is 13.2 Å². The highest BCUT2D eigenvalue weighted by atomic mass is 16.6. The van der Waals surface area contributed by atoms with E-state index >= 15 is 0 Å². The molecule has 0 saturated carbocycles. The number of rotatable bonds is 7. The SMILES string of the molecule is C=CC(=O)OCC(CO)OC(=O)C=C.CC(O)CO. The highest BCUT2D eigenvalue weighted by Crippen LogP contribution is 1.95. The van der Waals surface area contributed by atoms with Crippen molar-refractivity contribution in [3.05, 3.63) is 25.3 Å². The molecule has 7 nitrogen and oxygen atoms in total. The molecule has 0 aromatic heterocycles. The molecule has 0 spiro atoms. The van der Waals surface area contributed by atoms with Crippen LogP contribution in [-0.4, -0.2) is 59.3 Å². The highest BCUT2D eigenvalue weighted by molar-refractivity contribution is 5.82. The summed E-state index contributed by atoms with van der Waals surface area (Å²) in [6.07, 6.45) is 0.501. The fraction of sp³-hybridized carbons (Fsp3) is 0.500. The van der Waals surface area contributed by atoms with Crippen molar-refractivity contribution in [1.82, 2.24) is 0 Å². The van der Waals surface area contributed by atoms with Gasteiger partial charge in [0.1, 0.15) is 6.61 Å². The third-order valence-electron chi connectivity index (χ3n) is 1.50. The number of aliphatic hydroxyl groups excluding tert-OH is 3. The second kappa shape index (κ2) is 12.7. The minimum absolute atomic E-state index is 0.139. The zero-order valence-corrected chi connectivity index (χ0v) is 10.8. The van der Waals surface area contributed by atoms with Crippen molar-refractivity contribution in [3.63, 3.8) is 0 Å². The number of esters is 2. The average molecular weight is 276 g/mol. The summed E-state index contributed by atoms with van der Waals surface area (Å²) in [5.74, 6) is -1.32. The van der Waals surface area contributed by atoms with Crippen molar-refractivity contribution in [2.24, 2.45) is 0 Å². The molecule has 0 aromatic carbocycles. The van der Waals surface area contributed by atoms with Crippen LogP contribution in [0.25, 0.3) is 0 Å². The Labute approximate surface area is 111 Å². The van der Waals surface area contributed by atoms with Gasteiger partial charge in [0, 0.05) is 12.2 Å². The molecule has 0 fully saturated rings. The Bertz CT molecular complexity index is 286. The number of hydrogen-bond acceptors (Lipinski definition) is 7. The van der Waals surface area contributed by atoms with E-state index in [0.29, 0.717) is 0 Å². The Morgan fingerprint density at radius 1 is 1.16 bits per heavy atom. The van der Waals surface area contributed by atoms with E-state index in [2.05, 4.69) is 22.6 Å². The van der Waals surface area contributed by atoms with Crippen molar-refractivity contribution < 1.29 is 34.4 Å². The van der Waals surface area contributed by atoms with Gasteiger partial charge in [-0.3, -0.25) is 0 Å². The molecule has 0 aliphatic rings. The number of ether oxygens (including phenoxy) is 2. The lowest BCUT2D eigenvalue weighted by Crippen LogP contribution is -2.27. The van der Waals surface area contributed by atoms with E-state index in [1.54, 1.807) is 0 Å². The van der Waals surface area contributed by atoms with Crippen LogP contribution in [0.4, 0.5) is 0 Å².